The lowest BCUT2D eigenvalue weighted by Gasteiger charge is -2.14. The van der Waals surface area contributed by atoms with Gasteiger partial charge < -0.3 is 14.9 Å². The number of ether oxygens (including phenoxy) is 1. The molecule has 0 aliphatic heterocycles. The Morgan fingerprint density at radius 2 is 2.12 bits per heavy atom. The molecule has 0 fully saturated rings. The van der Waals surface area contributed by atoms with Crippen LogP contribution in [0.5, 0.6) is 0 Å². The number of carboxylic acid groups (broad SMARTS) is 1. The fourth-order valence-corrected chi connectivity index (χ4v) is 1.48. The number of aliphatic hydroxyl groups excluding tert-OH is 1. The van der Waals surface area contributed by atoms with E-state index in [1.54, 1.807) is 24.3 Å². The summed E-state index contributed by atoms with van der Waals surface area (Å²) in [6, 6.07) is 6.65. The molecular weight excluding hydrogens is 232 g/mol. The lowest BCUT2D eigenvalue weighted by Crippen LogP contribution is -2.16. The van der Waals surface area contributed by atoms with E-state index in [0.29, 0.717) is 17.0 Å². The maximum Gasteiger partial charge on any atom is 0.337 e. The second-order valence-electron chi connectivity index (χ2n) is 3.19. The minimum absolute atomic E-state index is 0.0329. The second kappa shape index (κ2) is 6.48. The predicted octanol–water partition coefficient (Wildman–Crippen LogP) is 1.86. The topological polar surface area (TPSA) is 66.8 Å². The van der Waals surface area contributed by atoms with Crippen molar-refractivity contribution in [2.24, 2.45) is 0 Å². The van der Waals surface area contributed by atoms with Crippen LogP contribution in [-0.4, -0.2) is 29.4 Å². The summed E-state index contributed by atoms with van der Waals surface area (Å²) < 4.78 is 5.17. The van der Waals surface area contributed by atoms with Gasteiger partial charge in [-0.15, -0.1) is 0 Å². The number of benzene rings is 1. The molecule has 0 aliphatic rings. The Kier molecular flexibility index (Phi) is 5.25. The van der Waals surface area contributed by atoms with E-state index in [1.165, 1.54) is 0 Å². The van der Waals surface area contributed by atoms with Gasteiger partial charge >= 0.3 is 5.97 Å². The van der Waals surface area contributed by atoms with Crippen LogP contribution in [0.1, 0.15) is 18.1 Å². The molecule has 2 N–H and O–H groups in total. The van der Waals surface area contributed by atoms with Gasteiger partial charge in [-0.05, 0) is 12.5 Å². The Bertz CT molecular complexity index is 354. The number of rotatable bonds is 6. The number of carbonyl (C=O) groups is 1. The van der Waals surface area contributed by atoms with Crippen LogP contribution in [-0.2, 0) is 9.53 Å². The number of aliphatic carboxylic acids is 1. The third-order valence-electron chi connectivity index (χ3n) is 2.00. The zero-order chi connectivity index (χ0) is 12.0. The fraction of sp³-hybridized carbons (Fsp3) is 0.364. The van der Waals surface area contributed by atoms with Crippen molar-refractivity contribution in [3.05, 3.63) is 34.9 Å². The van der Waals surface area contributed by atoms with Gasteiger partial charge in [0.05, 0.1) is 6.61 Å². The van der Waals surface area contributed by atoms with Gasteiger partial charge in [-0.1, -0.05) is 29.8 Å². The first-order valence-electron chi connectivity index (χ1n) is 4.86. The highest BCUT2D eigenvalue weighted by Crippen LogP contribution is 2.25. The maximum atomic E-state index is 11.0. The van der Waals surface area contributed by atoms with Crippen molar-refractivity contribution in [2.45, 2.75) is 12.5 Å². The molecular formula is C11H13ClO4. The normalized spacial score (nSPS) is 12.4. The number of aliphatic hydroxyl groups is 1. The Morgan fingerprint density at radius 3 is 2.69 bits per heavy atom. The minimum Gasteiger partial charge on any atom is -0.479 e. The summed E-state index contributed by atoms with van der Waals surface area (Å²) in [4.78, 5) is 11.0. The number of carboxylic acids is 1. The van der Waals surface area contributed by atoms with Crippen molar-refractivity contribution >= 4 is 17.6 Å². The molecule has 1 aromatic rings. The van der Waals surface area contributed by atoms with E-state index in [9.17, 15) is 4.79 Å². The Hall–Kier alpha value is -1.10. The van der Waals surface area contributed by atoms with Gasteiger partial charge in [0.2, 0.25) is 0 Å². The Morgan fingerprint density at radius 1 is 1.44 bits per heavy atom. The van der Waals surface area contributed by atoms with Crippen LogP contribution in [0.15, 0.2) is 24.3 Å². The van der Waals surface area contributed by atoms with Gasteiger partial charge in [0.15, 0.2) is 6.10 Å². The maximum absolute atomic E-state index is 11.0. The highest BCUT2D eigenvalue weighted by atomic mass is 35.5. The first-order valence-corrected chi connectivity index (χ1v) is 5.24. The summed E-state index contributed by atoms with van der Waals surface area (Å²) in [7, 11) is 0. The van der Waals surface area contributed by atoms with E-state index in [0.717, 1.165) is 0 Å². The molecule has 0 amide bonds. The van der Waals surface area contributed by atoms with Gasteiger partial charge in [0.1, 0.15) is 0 Å². The smallest absolute Gasteiger partial charge is 0.337 e. The van der Waals surface area contributed by atoms with Crippen LogP contribution in [0.25, 0.3) is 0 Å². The lowest BCUT2D eigenvalue weighted by atomic mass is 10.1. The molecule has 0 aliphatic carbocycles. The quantitative estimate of drug-likeness (QED) is 0.750. The molecule has 1 rings (SSSR count). The van der Waals surface area contributed by atoms with Crippen molar-refractivity contribution in [1.29, 1.82) is 0 Å². The Labute approximate surface area is 98.4 Å². The van der Waals surface area contributed by atoms with Crippen molar-refractivity contribution in [1.82, 2.24) is 0 Å². The van der Waals surface area contributed by atoms with Crippen molar-refractivity contribution < 1.29 is 19.7 Å². The molecule has 0 saturated heterocycles. The molecule has 1 atom stereocenters. The Balaban J connectivity index is 2.78. The molecule has 0 spiro atoms. The summed E-state index contributed by atoms with van der Waals surface area (Å²) in [5.74, 6) is -1.09. The zero-order valence-electron chi connectivity index (χ0n) is 8.60. The van der Waals surface area contributed by atoms with Gasteiger partial charge in [-0.25, -0.2) is 4.79 Å². The number of halogens is 1. The molecule has 0 aromatic heterocycles. The standard InChI is InChI=1S/C11H13ClO4/c12-9-5-2-1-4-8(9)10(11(14)15)16-7-3-6-13/h1-2,4-5,10,13H,3,6-7H2,(H,14,15). The zero-order valence-corrected chi connectivity index (χ0v) is 9.35. The molecule has 4 nitrogen and oxygen atoms in total. The minimum atomic E-state index is -1.09. The van der Waals surface area contributed by atoms with Crippen LogP contribution < -0.4 is 0 Å². The molecule has 16 heavy (non-hydrogen) atoms. The molecule has 0 heterocycles. The molecule has 5 heteroatoms. The van der Waals surface area contributed by atoms with Crippen LogP contribution in [0.3, 0.4) is 0 Å². The largest absolute Gasteiger partial charge is 0.479 e. The van der Waals surface area contributed by atoms with E-state index in [-0.39, 0.29) is 13.2 Å². The molecule has 0 bridgehead atoms. The molecule has 1 aromatic carbocycles. The number of hydrogen-bond donors (Lipinski definition) is 2. The third-order valence-corrected chi connectivity index (χ3v) is 2.34. The average molecular weight is 245 g/mol. The van der Waals surface area contributed by atoms with Gasteiger partial charge in [0, 0.05) is 17.2 Å². The van der Waals surface area contributed by atoms with E-state index in [2.05, 4.69) is 0 Å². The molecule has 88 valence electrons. The van der Waals surface area contributed by atoms with Gasteiger partial charge in [-0.3, -0.25) is 0 Å². The van der Waals surface area contributed by atoms with E-state index >= 15 is 0 Å². The van der Waals surface area contributed by atoms with Crippen LogP contribution in [0.4, 0.5) is 0 Å². The van der Waals surface area contributed by atoms with E-state index < -0.39 is 12.1 Å². The van der Waals surface area contributed by atoms with Crippen LogP contribution >= 0.6 is 11.6 Å². The van der Waals surface area contributed by atoms with Crippen molar-refractivity contribution in [3.8, 4) is 0 Å². The highest BCUT2D eigenvalue weighted by Gasteiger charge is 2.22. The van der Waals surface area contributed by atoms with Crippen LogP contribution in [0, 0.1) is 0 Å². The SMILES string of the molecule is O=C(O)C(OCCCO)c1ccccc1Cl. The van der Waals surface area contributed by atoms with Crippen LogP contribution in [0.2, 0.25) is 5.02 Å². The molecule has 0 radical (unpaired) electrons. The number of hydrogen-bond acceptors (Lipinski definition) is 3. The summed E-state index contributed by atoms with van der Waals surface area (Å²) in [5, 5.41) is 18.0. The lowest BCUT2D eigenvalue weighted by molar-refractivity contribution is -0.151. The monoisotopic (exact) mass is 244 g/mol. The summed E-state index contributed by atoms with van der Waals surface area (Å²) >= 11 is 5.88. The highest BCUT2D eigenvalue weighted by molar-refractivity contribution is 6.31. The van der Waals surface area contributed by atoms with Gasteiger partial charge in [0.25, 0.3) is 0 Å². The van der Waals surface area contributed by atoms with Crippen molar-refractivity contribution in [2.75, 3.05) is 13.2 Å². The third kappa shape index (κ3) is 3.48. The molecule has 1 unspecified atom stereocenters. The summed E-state index contributed by atoms with van der Waals surface area (Å²) in [6.07, 6.45) is -0.686. The second-order valence-corrected chi connectivity index (χ2v) is 3.59. The predicted molar refractivity (Wildman–Crippen MR) is 59.5 cm³/mol. The van der Waals surface area contributed by atoms with E-state index in [4.69, 9.17) is 26.6 Å². The van der Waals surface area contributed by atoms with Crippen molar-refractivity contribution in [3.63, 3.8) is 0 Å². The summed E-state index contributed by atoms with van der Waals surface area (Å²) in [5.41, 5.74) is 0.426. The van der Waals surface area contributed by atoms with Gasteiger partial charge in [-0.2, -0.15) is 0 Å². The summed E-state index contributed by atoms with van der Waals surface area (Å²) in [6.45, 7) is 0.146. The molecule has 0 saturated carbocycles. The first-order chi connectivity index (χ1) is 7.66. The average Bonchev–Trinajstić information content (AvgIpc) is 2.25. The van der Waals surface area contributed by atoms with E-state index in [1.807, 2.05) is 0 Å². The first kappa shape index (κ1) is 13.0. The fourth-order valence-electron chi connectivity index (χ4n) is 1.25.